The molecule has 0 spiro atoms. The van der Waals surface area contributed by atoms with Crippen LogP contribution in [0.1, 0.15) is 24.8 Å². The molecule has 0 bridgehead atoms. The minimum atomic E-state index is -1.03. The second kappa shape index (κ2) is 4.83. The molecule has 1 fully saturated rings. The van der Waals surface area contributed by atoms with Crippen molar-refractivity contribution in [3.8, 4) is 17.1 Å². The zero-order valence-corrected chi connectivity index (χ0v) is 11.9. The first-order valence-corrected chi connectivity index (χ1v) is 6.76. The number of nitrogens with zero attached hydrogens (tertiary/aromatic N) is 4. The molecule has 0 unspecified atom stereocenters. The van der Waals surface area contributed by atoms with Gasteiger partial charge in [0.25, 0.3) is 0 Å². The number of ether oxygens (including phenoxy) is 1. The second-order valence-electron chi connectivity index (χ2n) is 5.31. The van der Waals surface area contributed by atoms with Crippen molar-refractivity contribution in [2.24, 2.45) is 0 Å². The van der Waals surface area contributed by atoms with E-state index in [1.54, 1.807) is 7.11 Å². The third-order valence-corrected chi connectivity index (χ3v) is 4.05. The number of hydrogen-bond donors (Lipinski definition) is 1. The Morgan fingerprint density at radius 3 is 2.76 bits per heavy atom. The van der Waals surface area contributed by atoms with Crippen LogP contribution < -0.4 is 4.74 Å². The molecule has 7 heteroatoms. The zero-order chi connectivity index (χ0) is 15.0. The number of hydrogen-bond acceptors (Lipinski definition) is 5. The number of carboxylic acids is 1. The first-order valence-electron chi connectivity index (χ1n) is 6.76. The number of carboxylic acid groups (broad SMARTS) is 1. The predicted molar refractivity (Wildman–Crippen MR) is 74.0 cm³/mol. The molecule has 7 nitrogen and oxygen atoms in total. The third-order valence-electron chi connectivity index (χ3n) is 4.05. The van der Waals surface area contributed by atoms with E-state index in [1.165, 1.54) is 4.68 Å². The third kappa shape index (κ3) is 1.96. The fraction of sp³-hybridized carbons (Fsp3) is 0.429. The predicted octanol–water partition coefficient (Wildman–Crippen LogP) is 1.62. The first-order chi connectivity index (χ1) is 10.1. The van der Waals surface area contributed by atoms with Crippen LogP contribution in [-0.4, -0.2) is 38.4 Å². The standard InChI is InChI=1S/C14H16N4O3/c1-9-4-5-11(21-2)10(8-9)12-15-16-17-18(12)14(13(19)20)6-3-7-14/h4-5,8H,3,6-7H2,1-2H3,(H,19,20). The molecule has 1 heterocycles. The van der Waals surface area contributed by atoms with Crippen molar-refractivity contribution in [1.82, 2.24) is 20.2 Å². The van der Waals surface area contributed by atoms with Crippen molar-refractivity contribution >= 4 is 5.97 Å². The van der Waals surface area contributed by atoms with Gasteiger partial charge in [0, 0.05) is 0 Å². The maximum atomic E-state index is 11.7. The van der Waals surface area contributed by atoms with Gasteiger partial charge in [-0.05, 0) is 48.7 Å². The summed E-state index contributed by atoms with van der Waals surface area (Å²) >= 11 is 0. The summed E-state index contributed by atoms with van der Waals surface area (Å²) < 4.78 is 6.77. The molecule has 1 N–H and O–H groups in total. The lowest BCUT2D eigenvalue weighted by molar-refractivity contribution is -0.153. The molecule has 1 aliphatic rings. The largest absolute Gasteiger partial charge is 0.496 e. The number of methoxy groups -OCH3 is 1. The Hall–Kier alpha value is -2.44. The van der Waals surface area contributed by atoms with Crippen molar-refractivity contribution in [2.75, 3.05) is 7.11 Å². The van der Waals surface area contributed by atoms with Crippen LogP contribution in [0.3, 0.4) is 0 Å². The van der Waals surface area contributed by atoms with Crippen LogP contribution in [0.15, 0.2) is 18.2 Å². The molecule has 0 aliphatic heterocycles. The van der Waals surface area contributed by atoms with Crippen LogP contribution in [0.2, 0.25) is 0 Å². The van der Waals surface area contributed by atoms with Crippen molar-refractivity contribution in [1.29, 1.82) is 0 Å². The molecule has 1 aliphatic carbocycles. The Labute approximate surface area is 121 Å². The summed E-state index contributed by atoms with van der Waals surface area (Å²) in [5.74, 6) is 0.156. The fourth-order valence-electron chi connectivity index (χ4n) is 2.67. The molecule has 21 heavy (non-hydrogen) atoms. The quantitative estimate of drug-likeness (QED) is 0.919. The van der Waals surface area contributed by atoms with E-state index in [0.717, 1.165) is 12.0 Å². The van der Waals surface area contributed by atoms with Crippen molar-refractivity contribution in [3.63, 3.8) is 0 Å². The summed E-state index contributed by atoms with van der Waals surface area (Å²) in [5, 5.41) is 21.2. The summed E-state index contributed by atoms with van der Waals surface area (Å²) in [5.41, 5.74) is 0.696. The number of benzene rings is 1. The lowest BCUT2D eigenvalue weighted by atomic mass is 9.76. The van der Waals surface area contributed by atoms with Crippen LogP contribution >= 0.6 is 0 Å². The molecule has 0 radical (unpaired) electrons. The van der Waals surface area contributed by atoms with E-state index in [2.05, 4.69) is 15.5 Å². The van der Waals surface area contributed by atoms with Crippen LogP contribution in [0.25, 0.3) is 11.4 Å². The molecular formula is C14H16N4O3. The van der Waals surface area contributed by atoms with Gasteiger partial charge in [-0.2, -0.15) is 0 Å². The number of aromatic nitrogens is 4. The highest BCUT2D eigenvalue weighted by Gasteiger charge is 2.49. The summed E-state index contributed by atoms with van der Waals surface area (Å²) in [4.78, 5) is 11.7. The summed E-state index contributed by atoms with van der Waals surface area (Å²) in [6.07, 6.45) is 1.93. The van der Waals surface area contributed by atoms with Gasteiger partial charge in [-0.3, -0.25) is 0 Å². The van der Waals surface area contributed by atoms with E-state index >= 15 is 0 Å². The number of rotatable bonds is 4. The van der Waals surface area contributed by atoms with Gasteiger partial charge in [-0.15, -0.1) is 5.10 Å². The molecule has 3 rings (SSSR count). The highest BCUT2D eigenvalue weighted by molar-refractivity contribution is 5.79. The smallest absolute Gasteiger partial charge is 0.331 e. The topological polar surface area (TPSA) is 90.1 Å². The zero-order valence-electron chi connectivity index (χ0n) is 11.9. The molecule has 0 saturated heterocycles. The van der Waals surface area contributed by atoms with E-state index in [-0.39, 0.29) is 0 Å². The van der Waals surface area contributed by atoms with E-state index in [9.17, 15) is 9.90 Å². The average Bonchev–Trinajstić information content (AvgIpc) is 2.86. The number of carbonyl (C=O) groups is 1. The normalized spacial score (nSPS) is 16.3. The molecule has 0 atom stereocenters. The number of aliphatic carboxylic acids is 1. The van der Waals surface area contributed by atoms with Gasteiger partial charge in [0.2, 0.25) is 0 Å². The van der Waals surface area contributed by atoms with Gasteiger partial charge in [0.15, 0.2) is 11.4 Å². The highest BCUT2D eigenvalue weighted by atomic mass is 16.5. The summed E-state index contributed by atoms with van der Waals surface area (Å²) in [6.45, 7) is 1.95. The van der Waals surface area contributed by atoms with Crippen molar-refractivity contribution in [3.05, 3.63) is 23.8 Å². The number of aryl methyl sites for hydroxylation is 1. The minimum absolute atomic E-state index is 0.428. The van der Waals surface area contributed by atoms with Gasteiger partial charge >= 0.3 is 5.97 Å². The molecule has 2 aromatic rings. The molecular weight excluding hydrogens is 272 g/mol. The summed E-state index contributed by atoms with van der Waals surface area (Å²) in [7, 11) is 1.57. The Bertz CT molecular complexity index is 691. The Balaban J connectivity index is 2.16. The Morgan fingerprint density at radius 2 is 2.19 bits per heavy atom. The van der Waals surface area contributed by atoms with E-state index in [1.807, 2.05) is 25.1 Å². The van der Waals surface area contributed by atoms with E-state index < -0.39 is 11.5 Å². The van der Waals surface area contributed by atoms with E-state index in [4.69, 9.17) is 4.74 Å². The lowest BCUT2D eigenvalue weighted by Crippen LogP contribution is -2.48. The van der Waals surface area contributed by atoms with Gasteiger partial charge < -0.3 is 9.84 Å². The Kier molecular flexibility index (Phi) is 3.12. The van der Waals surface area contributed by atoms with Gasteiger partial charge in [-0.1, -0.05) is 11.6 Å². The highest BCUT2D eigenvalue weighted by Crippen LogP contribution is 2.42. The second-order valence-corrected chi connectivity index (χ2v) is 5.31. The van der Waals surface area contributed by atoms with Crippen LogP contribution in [-0.2, 0) is 10.3 Å². The maximum Gasteiger partial charge on any atom is 0.331 e. The maximum absolute atomic E-state index is 11.7. The van der Waals surface area contributed by atoms with Crippen molar-refractivity contribution < 1.29 is 14.6 Å². The van der Waals surface area contributed by atoms with Crippen LogP contribution in [0.4, 0.5) is 0 Å². The van der Waals surface area contributed by atoms with Crippen molar-refractivity contribution in [2.45, 2.75) is 31.7 Å². The molecule has 0 amide bonds. The van der Waals surface area contributed by atoms with Gasteiger partial charge in [-0.25, -0.2) is 9.48 Å². The fourth-order valence-corrected chi connectivity index (χ4v) is 2.67. The molecule has 1 aromatic heterocycles. The van der Waals surface area contributed by atoms with E-state index in [0.29, 0.717) is 30.0 Å². The molecule has 110 valence electrons. The molecule has 1 saturated carbocycles. The minimum Gasteiger partial charge on any atom is -0.496 e. The van der Waals surface area contributed by atoms with Crippen LogP contribution in [0, 0.1) is 6.92 Å². The summed E-state index contributed by atoms with van der Waals surface area (Å²) in [6, 6.07) is 5.65. The lowest BCUT2D eigenvalue weighted by Gasteiger charge is -2.37. The van der Waals surface area contributed by atoms with Crippen LogP contribution in [0.5, 0.6) is 5.75 Å². The van der Waals surface area contributed by atoms with Gasteiger partial charge in [0.1, 0.15) is 5.75 Å². The first kappa shape index (κ1) is 13.5. The monoisotopic (exact) mass is 288 g/mol. The Morgan fingerprint density at radius 1 is 1.43 bits per heavy atom. The molecule has 1 aromatic carbocycles. The SMILES string of the molecule is COc1ccc(C)cc1-c1nnnn1C1(C(=O)O)CCC1. The van der Waals surface area contributed by atoms with Gasteiger partial charge in [0.05, 0.1) is 12.7 Å². The average molecular weight is 288 g/mol. The number of tetrazole rings is 1.